The van der Waals surface area contributed by atoms with E-state index < -0.39 is 0 Å². The molecule has 2 aromatic carbocycles. The average molecular weight is 468 g/mol. The molecule has 2 amide bonds. The Labute approximate surface area is 176 Å². The Balaban J connectivity index is 1.57. The first-order valence-corrected chi connectivity index (χ1v) is 10.1. The van der Waals surface area contributed by atoms with Gasteiger partial charge in [-0.05, 0) is 59.1 Å². The highest BCUT2D eigenvalue weighted by molar-refractivity contribution is 9.10. The van der Waals surface area contributed by atoms with Crippen LogP contribution in [0.2, 0.25) is 5.02 Å². The summed E-state index contributed by atoms with van der Waals surface area (Å²) < 4.78 is 11.7. The number of hydrogen-bond acceptors (Lipinski definition) is 4. The molecule has 0 aliphatic carbocycles. The summed E-state index contributed by atoms with van der Waals surface area (Å²) in [5.41, 5.74) is 0.817. The van der Waals surface area contributed by atoms with E-state index in [4.69, 9.17) is 21.1 Å². The Hall–Kier alpha value is -2.09. The van der Waals surface area contributed by atoms with Crippen LogP contribution in [0.4, 0.5) is 5.69 Å². The fourth-order valence-electron chi connectivity index (χ4n) is 2.82. The molecule has 148 valence electrons. The van der Waals surface area contributed by atoms with Crippen LogP contribution in [0, 0.1) is 0 Å². The smallest absolute Gasteiger partial charge is 0.262 e. The molecule has 28 heavy (non-hydrogen) atoms. The molecule has 0 spiro atoms. The first-order valence-electron chi connectivity index (χ1n) is 8.89. The second kappa shape index (κ2) is 9.91. The van der Waals surface area contributed by atoms with Gasteiger partial charge < -0.3 is 20.1 Å². The van der Waals surface area contributed by atoms with Crippen LogP contribution in [0.15, 0.2) is 46.9 Å². The first kappa shape index (κ1) is 20.6. The maximum absolute atomic E-state index is 12.5. The maximum Gasteiger partial charge on any atom is 0.262 e. The summed E-state index contributed by atoms with van der Waals surface area (Å²) in [6, 6.07) is 11.9. The van der Waals surface area contributed by atoms with Gasteiger partial charge in [-0.3, -0.25) is 9.59 Å². The van der Waals surface area contributed by atoms with E-state index in [1.807, 2.05) is 0 Å². The number of para-hydroxylation sites is 1. The van der Waals surface area contributed by atoms with Crippen LogP contribution < -0.4 is 15.4 Å². The Kier molecular flexibility index (Phi) is 7.30. The van der Waals surface area contributed by atoms with Crippen molar-refractivity contribution >= 4 is 45.0 Å². The summed E-state index contributed by atoms with van der Waals surface area (Å²) in [5, 5.41) is 6.14. The zero-order valence-electron chi connectivity index (χ0n) is 15.0. The number of anilines is 1. The lowest BCUT2D eigenvalue weighted by Gasteiger charge is -2.14. The largest absolute Gasteiger partial charge is 0.483 e. The van der Waals surface area contributed by atoms with Crippen molar-refractivity contribution in [1.29, 1.82) is 0 Å². The number of benzene rings is 2. The minimum atomic E-state index is -0.374. The van der Waals surface area contributed by atoms with Gasteiger partial charge in [-0.2, -0.15) is 0 Å². The lowest BCUT2D eigenvalue weighted by molar-refractivity contribution is -0.118. The minimum Gasteiger partial charge on any atom is -0.483 e. The molecule has 0 unspecified atom stereocenters. The van der Waals surface area contributed by atoms with Crippen LogP contribution in [0.25, 0.3) is 0 Å². The lowest BCUT2D eigenvalue weighted by atomic mass is 10.1. The SMILES string of the molecule is O=C(COc1ccc(Cl)cc1Br)Nc1ccccc1C(=O)NC[C@@H]1CCCO1. The van der Waals surface area contributed by atoms with Gasteiger partial charge in [0.2, 0.25) is 0 Å². The summed E-state index contributed by atoms with van der Waals surface area (Å²) in [7, 11) is 0. The highest BCUT2D eigenvalue weighted by atomic mass is 79.9. The van der Waals surface area contributed by atoms with Gasteiger partial charge in [-0.1, -0.05) is 23.7 Å². The predicted octanol–water partition coefficient (Wildman–Crippen LogP) is 4.03. The minimum absolute atomic E-state index is 0.0527. The molecule has 1 fully saturated rings. The van der Waals surface area contributed by atoms with Crippen molar-refractivity contribution < 1.29 is 19.1 Å². The number of amides is 2. The molecule has 0 saturated carbocycles. The second-order valence-electron chi connectivity index (χ2n) is 6.30. The number of carbonyl (C=O) groups excluding carboxylic acids is 2. The Morgan fingerprint density at radius 2 is 2.07 bits per heavy atom. The molecular formula is C20H20BrClN2O4. The Bertz CT molecular complexity index is 856. The summed E-state index contributed by atoms with van der Waals surface area (Å²) in [4.78, 5) is 24.8. The first-order chi connectivity index (χ1) is 13.5. The van der Waals surface area contributed by atoms with E-state index in [1.54, 1.807) is 42.5 Å². The lowest BCUT2D eigenvalue weighted by Crippen LogP contribution is -2.32. The number of hydrogen-bond donors (Lipinski definition) is 2. The zero-order valence-corrected chi connectivity index (χ0v) is 17.4. The number of halogens is 2. The van der Waals surface area contributed by atoms with Crippen molar-refractivity contribution in [3.05, 3.63) is 57.5 Å². The van der Waals surface area contributed by atoms with Gasteiger partial charge in [0.1, 0.15) is 5.75 Å². The highest BCUT2D eigenvalue weighted by Gasteiger charge is 2.18. The van der Waals surface area contributed by atoms with Crippen molar-refractivity contribution in [3.8, 4) is 5.75 Å². The summed E-state index contributed by atoms with van der Waals surface area (Å²) in [6.07, 6.45) is 2.00. The van der Waals surface area contributed by atoms with Crippen LogP contribution in [-0.4, -0.2) is 37.7 Å². The highest BCUT2D eigenvalue weighted by Crippen LogP contribution is 2.28. The van der Waals surface area contributed by atoms with Gasteiger partial charge >= 0.3 is 0 Å². The Morgan fingerprint density at radius 1 is 1.25 bits per heavy atom. The van der Waals surface area contributed by atoms with Crippen LogP contribution in [0.1, 0.15) is 23.2 Å². The van der Waals surface area contributed by atoms with E-state index in [0.29, 0.717) is 33.0 Å². The third-order valence-electron chi connectivity index (χ3n) is 4.21. The molecule has 8 heteroatoms. The zero-order chi connectivity index (χ0) is 19.9. The van der Waals surface area contributed by atoms with E-state index >= 15 is 0 Å². The average Bonchev–Trinajstić information content (AvgIpc) is 3.19. The van der Waals surface area contributed by atoms with Crippen molar-refractivity contribution in [1.82, 2.24) is 5.32 Å². The van der Waals surface area contributed by atoms with Gasteiger partial charge in [0.15, 0.2) is 6.61 Å². The molecule has 1 atom stereocenters. The number of nitrogens with one attached hydrogen (secondary N) is 2. The molecule has 3 rings (SSSR count). The summed E-state index contributed by atoms with van der Waals surface area (Å²) >= 11 is 9.23. The molecule has 0 aromatic heterocycles. The van der Waals surface area contributed by atoms with Gasteiger partial charge in [0, 0.05) is 18.2 Å². The molecule has 1 aliphatic heterocycles. The molecule has 0 radical (unpaired) electrons. The van der Waals surface area contributed by atoms with Crippen molar-refractivity contribution in [2.24, 2.45) is 0 Å². The maximum atomic E-state index is 12.5. The van der Waals surface area contributed by atoms with E-state index in [9.17, 15) is 9.59 Å². The number of ether oxygens (including phenoxy) is 2. The van der Waals surface area contributed by atoms with E-state index in [0.717, 1.165) is 19.4 Å². The van der Waals surface area contributed by atoms with Gasteiger partial charge in [-0.25, -0.2) is 0 Å². The monoisotopic (exact) mass is 466 g/mol. The van der Waals surface area contributed by atoms with Crippen LogP contribution in [0.3, 0.4) is 0 Å². The molecular weight excluding hydrogens is 448 g/mol. The number of carbonyl (C=O) groups is 2. The number of rotatable bonds is 7. The van der Waals surface area contributed by atoms with E-state index in [-0.39, 0.29) is 24.5 Å². The summed E-state index contributed by atoms with van der Waals surface area (Å²) in [6.45, 7) is 0.984. The van der Waals surface area contributed by atoms with Gasteiger partial charge in [0.25, 0.3) is 11.8 Å². The molecule has 6 nitrogen and oxygen atoms in total. The molecule has 1 saturated heterocycles. The van der Waals surface area contributed by atoms with Crippen molar-refractivity contribution in [3.63, 3.8) is 0 Å². The Morgan fingerprint density at radius 3 is 2.82 bits per heavy atom. The fraction of sp³-hybridized carbons (Fsp3) is 0.300. The van der Waals surface area contributed by atoms with E-state index in [1.165, 1.54) is 0 Å². The quantitative estimate of drug-likeness (QED) is 0.645. The molecule has 1 aliphatic rings. The standard InChI is InChI=1S/C20H20BrClN2O4/c21-16-10-13(22)7-8-18(16)28-12-19(25)24-17-6-2-1-5-15(17)20(26)23-11-14-4-3-9-27-14/h1-2,5-8,10,14H,3-4,9,11-12H2,(H,23,26)(H,24,25)/t14-/m0/s1. The molecule has 2 aromatic rings. The third-order valence-corrected chi connectivity index (χ3v) is 5.07. The second-order valence-corrected chi connectivity index (χ2v) is 7.59. The van der Waals surface area contributed by atoms with Crippen LogP contribution >= 0.6 is 27.5 Å². The molecule has 1 heterocycles. The van der Waals surface area contributed by atoms with Crippen molar-refractivity contribution in [2.75, 3.05) is 25.1 Å². The van der Waals surface area contributed by atoms with Gasteiger partial charge in [-0.15, -0.1) is 0 Å². The molecule has 0 bridgehead atoms. The normalized spacial score (nSPS) is 15.9. The summed E-state index contributed by atoms with van der Waals surface area (Å²) in [5.74, 6) is -0.129. The van der Waals surface area contributed by atoms with Crippen molar-refractivity contribution in [2.45, 2.75) is 18.9 Å². The molecule has 2 N–H and O–H groups in total. The topological polar surface area (TPSA) is 76.7 Å². The fourth-order valence-corrected chi connectivity index (χ4v) is 3.62. The third kappa shape index (κ3) is 5.70. The van der Waals surface area contributed by atoms with E-state index in [2.05, 4.69) is 26.6 Å². The van der Waals surface area contributed by atoms with Crippen LogP contribution in [0.5, 0.6) is 5.75 Å². The predicted molar refractivity (Wildman–Crippen MR) is 111 cm³/mol. The van der Waals surface area contributed by atoms with Crippen LogP contribution in [-0.2, 0) is 9.53 Å². The van der Waals surface area contributed by atoms with Gasteiger partial charge in [0.05, 0.1) is 21.8 Å².